The Balaban J connectivity index is 1.81. The second kappa shape index (κ2) is 7.66. The van der Waals surface area contributed by atoms with Gasteiger partial charge in [0.1, 0.15) is 13.2 Å². The van der Waals surface area contributed by atoms with Crippen LogP contribution in [-0.4, -0.2) is 43.5 Å². The summed E-state index contributed by atoms with van der Waals surface area (Å²) >= 11 is 6.22. The molecule has 1 aliphatic heterocycles. The largest absolute Gasteiger partial charge is 0.486 e. The van der Waals surface area contributed by atoms with Crippen LogP contribution in [0.1, 0.15) is 27.6 Å². The Morgan fingerprint density at radius 2 is 1.77 bits per heavy atom. The number of anilines is 1. The fourth-order valence-electron chi connectivity index (χ4n) is 2.51. The van der Waals surface area contributed by atoms with Crippen LogP contribution in [0.3, 0.4) is 0 Å². The smallest absolute Gasteiger partial charge is 0.255 e. The van der Waals surface area contributed by atoms with Crippen LogP contribution in [0, 0.1) is 0 Å². The Labute approximate surface area is 156 Å². The standard InChI is InChI=1S/C19H19ClN2O4/c1-3-22(2)19(24)13-6-4-5-12(9-13)18(23)21-15-11-17-16(10-14(15)20)25-7-8-26-17/h4-6,9-11H,3,7-8H2,1-2H3,(H,21,23). The Kier molecular flexibility index (Phi) is 5.32. The third kappa shape index (κ3) is 3.75. The summed E-state index contributed by atoms with van der Waals surface area (Å²) in [6.45, 7) is 3.37. The molecule has 1 N–H and O–H groups in total. The number of halogens is 1. The van der Waals surface area contributed by atoms with Gasteiger partial charge in [0.25, 0.3) is 11.8 Å². The topological polar surface area (TPSA) is 67.9 Å². The van der Waals surface area contributed by atoms with E-state index in [9.17, 15) is 9.59 Å². The Morgan fingerprint density at radius 1 is 1.12 bits per heavy atom. The molecule has 0 fully saturated rings. The van der Waals surface area contributed by atoms with Crippen molar-refractivity contribution in [1.82, 2.24) is 4.90 Å². The number of carbonyl (C=O) groups is 2. The van der Waals surface area contributed by atoms with Crippen molar-refractivity contribution < 1.29 is 19.1 Å². The first-order valence-corrected chi connectivity index (χ1v) is 8.63. The molecule has 0 spiro atoms. The highest BCUT2D eigenvalue weighted by atomic mass is 35.5. The fraction of sp³-hybridized carbons (Fsp3) is 0.263. The van der Waals surface area contributed by atoms with Crippen molar-refractivity contribution in [3.05, 3.63) is 52.5 Å². The van der Waals surface area contributed by atoms with Crippen LogP contribution in [0.15, 0.2) is 36.4 Å². The van der Waals surface area contributed by atoms with Crippen molar-refractivity contribution in [1.29, 1.82) is 0 Å². The summed E-state index contributed by atoms with van der Waals surface area (Å²) in [5.41, 5.74) is 1.24. The Bertz CT molecular complexity index is 853. The van der Waals surface area contributed by atoms with E-state index < -0.39 is 0 Å². The van der Waals surface area contributed by atoms with Crippen LogP contribution in [0.5, 0.6) is 11.5 Å². The SMILES string of the molecule is CCN(C)C(=O)c1cccc(C(=O)Nc2cc3c(cc2Cl)OCCO3)c1. The highest BCUT2D eigenvalue weighted by molar-refractivity contribution is 6.34. The van der Waals surface area contributed by atoms with Gasteiger partial charge in [-0.2, -0.15) is 0 Å². The normalized spacial score (nSPS) is 12.4. The predicted octanol–water partition coefficient (Wildman–Crippen LogP) is 3.46. The van der Waals surface area contributed by atoms with E-state index in [1.807, 2.05) is 6.92 Å². The zero-order valence-corrected chi connectivity index (χ0v) is 15.3. The van der Waals surface area contributed by atoms with E-state index in [1.54, 1.807) is 48.3 Å². The third-order valence-electron chi connectivity index (χ3n) is 4.07. The lowest BCUT2D eigenvalue weighted by Crippen LogP contribution is -2.26. The maximum Gasteiger partial charge on any atom is 0.255 e. The number of fused-ring (bicyclic) bond motifs is 1. The van der Waals surface area contributed by atoms with E-state index in [0.29, 0.717) is 53.1 Å². The molecule has 26 heavy (non-hydrogen) atoms. The molecular weight excluding hydrogens is 356 g/mol. The van der Waals surface area contributed by atoms with Gasteiger partial charge in [-0.1, -0.05) is 17.7 Å². The van der Waals surface area contributed by atoms with Gasteiger partial charge in [0.2, 0.25) is 0 Å². The second-order valence-corrected chi connectivity index (χ2v) is 6.24. The zero-order valence-electron chi connectivity index (χ0n) is 14.5. The van der Waals surface area contributed by atoms with Crippen molar-refractivity contribution >= 4 is 29.1 Å². The molecule has 0 atom stereocenters. The van der Waals surface area contributed by atoms with E-state index in [0.717, 1.165) is 0 Å². The molecule has 136 valence electrons. The van der Waals surface area contributed by atoms with Crippen LogP contribution in [-0.2, 0) is 0 Å². The highest BCUT2D eigenvalue weighted by Gasteiger charge is 2.18. The Morgan fingerprint density at radius 3 is 2.46 bits per heavy atom. The molecule has 0 saturated carbocycles. The van der Waals surface area contributed by atoms with Gasteiger partial charge in [0, 0.05) is 36.9 Å². The number of nitrogens with zero attached hydrogens (tertiary/aromatic N) is 1. The number of ether oxygens (including phenoxy) is 2. The van der Waals surface area contributed by atoms with Gasteiger partial charge in [-0.05, 0) is 25.1 Å². The monoisotopic (exact) mass is 374 g/mol. The molecule has 2 aromatic carbocycles. The van der Waals surface area contributed by atoms with Crippen LogP contribution < -0.4 is 14.8 Å². The summed E-state index contributed by atoms with van der Waals surface area (Å²) in [6, 6.07) is 9.82. The summed E-state index contributed by atoms with van der Waals surface area (Å²) in [7, 11) is 1.71. The lowest BCUT2D eigenvalue weighted by molar-refractivity contribution is 0.0802. The van der Waals surface area contributed by atoms with E-state index >= 15 is 0 Å². The summed E-state index contributed by atoms with van der Waals surface area (Å²) in [5.74, 6) is 0.579. The molecule has 0 aliphatic carbocycles. The number of hydrogen-bond acceptors (Lipinski definition) is 4. The predicted molar refractivity (Wildman–Crippen MR) is 99.5 cm³/mol. The molecule has 6 nitrogen and oxygen atoms in total. The van der Waals surface area contributed by atoms with Crippen LogP contribution >= 0.6 is 11.6 Å². The van der Waals surface area contributed by atoms with Crippen LogP contribution in [0.2, 0.25) is 5.02 Å². The lowest BCUT2D eigenvalue weighted by atomic mass is 10.1. The summed E-state index contributed by atoms with van der Waals surface area (Å²) in [6.07, 6.45) is 0. The minimum atomic E-state index is -0.364. The van der Waals surface area contributed by atoms with Gasteiger partial charge in [0.05, 0.1) is 10.7 Å². The maximum absolute atomic E-state index is 12.6. The average Bonchev–Trinajstić information content (AvgIpc) is 2.67. The second-order valence-electron chi connectivity index (χ2n) is 5.83. The first kappa shape index (κ1) is 18.1. The Hall–Kier alpha value is -2.73. The third-order valence-corrected chi connectivity index (χ3v) is 4.39. The zero-order chi connectivity index (χ0) is 18.7. The van der Waals surface area contributed by atoms with E-state index in [1.165, 1.54) is 0 Å². The number of amides is 2. The highest BCUT2D eigenvalue weighted by Crippen LogP contribution is 2.38. The van der Waals surface area contributed by atoms with Crippen molar-refractivity contribution in [2.24, 2.45) is 0 Å². The first-order valence-electron chi connectivity index (χ1n) is 8.25. The van der Waals surface area contributed by atoms with Crippen molar-refractivity contribution in [3.63, 3.8) is 0 Å². The average molecular weight is 375 g/mol. The molecular formula is C19H19ClN2O4. The van der Waals surface area contributed by atoms with Crippen molar-refractivity contribution in [2.75, 3.05) is 32.1 Å². The van der Waals surface area contributed by atoms with Crippen molar-refractivity contribution in [3.8, 4) is 11.5 Å². The summed E-state index contributed by atoms with van der Waals surface area (Å²) < 4.78 is 11.0. The first-order chi connectivity index (χ1) is 12.5. The lowest BCUT2D eigenvalue weighted by Gasteiger charge is -2.20. The molecule has 2 amide bonds. The van der Waals surface area contributed by atoms with Gasteiger partial charge >= 0.3 is 0 Å². The number of nitrogens with one attached hydrogen (secondary N) is 1. The number of benzene rings is 2. The maximum atomic E-state index is 12.6. The number of hydrogen-bond donors (Lipinski definition) is 1. The number of rotatable bonds is 4. The van der Waals surface area contributed by atoms with Gasteiger partial charge in [-0.25, -0.2) is 0 Å². The summed E-state index contributed by atoms with van der Waals surface area (Å²) in [4.78, 5) is 26.4. The molecule has 0 bridgehead atoms. The molecule has 7 heteroatoms. The fourth-order valence-corrected chi connectivity index (χ4v) is 2.71. The molecule has 0 aromatic heterocycles. The summed E-state index contributed by atoms with van der Waals surface area (Å²) in [5, 5.41) is 3.10. The van der Waals surface area contributed by atoms with E-state index in [2.05, 4.69) is 5.32 Å². The minimum absolute atomic E-state index is 0.139. The van der Waals surface area contributed by atoms with Gasteiger partial charge in [0.15, 0.2) is 11.5 Å². The molecule has 3 rings (SSSR count). The molecule has 1 aliphatic rings. The van der Waals surface area contributed by atoms with E-state index in [-0.39, 0.29) is 11.8 Å². The molecule has 1 heterocycles. The molecule has 0 unspecified atom stereocenters. The van der Waals surface area contributed by atoms with Crippen LogP contribution in [0.4, 0.5) is 5.69 Å². The minimum Gasteiger partial charge on any atom is -0.486 e. The van der Waals surface area contributed by atoms with Gasteiger partial charge < -0.3 is 19.7 Å². The molecule has 2 aromatic rings. The number of carbonyl (C=O) groups excluding carboxylic acids is 2. The quantitative estimate of drug-likeness (QED) is 0.889. The molecule has 0 radical (unpaired) electrons. The van der Waals surface area contributed by atoms with Crippen LogP contribution in [0.25, 0.3) is 0 Å². The molecule has 0 saturated heterocycles. The van der Waals surface area contributed by atoms with E-state index in [4.69, 9.17) is 21.1 Å². The van der Waals surface area contributed by atoms with Crippen molar-refractivity contribution in [2.45, 2.75) is 6.92 Å². The van der Waals surface area contributed by atoms with Gasteiger partial charge in [-0.15, -0.1) is 0 Å². The van der Waals surface area contributed by atoms with Gasteiger partial charge in [-0.3, -0.25) is 9.59 Å².